The second-order valence-electron chi connectivity index (χ2n) is 7.24. The van der Waals surface area contributed by atoms with E-state index in [-0.39, 0.29) is 29.2 Å². The fourth-order valence-corrected chi connectivity index (χ4v) is 3.77. The molecule has 32 heavy (non-hydrogen) atoms. The summed E-state index contributed by atoms with van der Waals surface area (Å²) < 4.78 is 41.6. The topological polar surface area (TPSA) is 151 Å². The minimum Gasteiger partial charge on any atom is -0.478 e. The highest BCUT2D eigenvalue weighted by atomic mass is 32.2. The summed E-state index contributed by atoms with van der Waals surface area (Å²) in [7, 11) is -2.27. The Bertz CT molecular complexity index is 1500. The molecule has 0 aliphatic carbocycles. The lowest BCUT2D eigenvalue weighted by molar-refractivity contribution is 0.0697. The number of carboxylic acid groups (broad SMARTS) is 1. The first-order valence-electron chi connectivity index (χ1n) is 9.49. The van der Waals surface area contributed by atoms with E-state index in [2.05, 4.69) is 4.98 Å². The van der Waals surface area contributed by atoms with E-state index in [9.17, 15) is 18.0 Å². The molecule has 0 radical (unpaired) electrons. The molecular weight excluding hydrogens is 440 g/mol. The van der Waals surface area contributed by atoms with Crippen molar-refractivity contribution in [3.05, 3.63) is 58.4 Å². The Labute approximate surface area is 181 Å². The van der Waals surface area contributed by atoms with E-state index in [1.165, 1.54) is 18.2 Å². The van der Waals surface area contributed by atoms with Crippen LogP contribution in [-0.2, 0) is 10.1 Å². The molecule has 0 amide bonds. The third kappa shape index (κ3) is 4.48. The number of fused-ring (bicyclic) bond motifs is 2. The average Bonchev–Trinajstić information content (AvgIpc) is 3.14. The van der Waals surface area contributed by atoms with E-state index in [0.29, 0.717) is 34.3 Å². The number of rotatable bonds is 7. The van der Waals surface area contributed by atoms with Gasteiger partial charge < -0.3 is 18.8 Å². The van der Waals surface area contributed by atoms with E-state index < -0.39 is 21.7 Å². The maximum absolute atomic E-state index is 12.6. The lowest BCUT2D eigenvalue weighted by atomic mass is 10.1. The highest BCUT2D eigenvalue weighted by molar-refractivity contribution is 7.85. The van der Waals surface area contributed by atoms with Gasteiger partial charge >= 0.3 is 11.6 Å². The molecule has 10 nitrogen and oxygen atoms in total. The van der Waals surface area contributed by atoms with E-state index in [1.54, 1.807) is 36.2 Å². The maximum Gasteiger partial charge on any atom is 0.349 e. The smallest absolute Gasteiger partial charge is 0.349 e. The summed E-state index contributed by atoms with van der Waals surface area (Å²) in [5.41, 5.74) is 1.14. The van der Waals surface area contributed by atoms with Crippen LogP contribution >= 0.6 is 0 Å². The van der Waals surface area contributed by atoms with Gasteiger partial charge in [-0.3, -0.25) is 4.55 Å². The van der Waals surface area contributed by atoms with Gasteiger partial charge in [-0.05, 0) is 42.8 Å². The van der Waals surface area contributed by atoms with Gasteiger partial charge in [-0.25, -0.2) is 14.6 Å². The molecule has 0 unspecified atom stereocenters. The van der Waals surface area contributed by atoms with Crippen molar-refractivity contribution in [2.24, 2.45) is 0 Å². The van der Waals surface area contributed by atoms with Crippen LogP contribution < -0.4 is 10.5 Å². The largest absolute Gasteiger partial charge is 0.478 e. The summed E-state index contributed by atoms with van der Waals surface area (Å²) in [6.07, 6.45) is 0.234. The highest BCUT2D eigenvalue weighted by Gasteiger charge is 2.16. The molecule has 166 valence electrons. The molecule has 2 N–H and O–H groups in total. The van der Waals surface area contributed by atoms with Gasteiger partial charge in [0.2, 0.25) is 5.89 Å². The zero-order valence-electron chi connectivity index (χ0n) is 16.8. The number of hydrogen-bond acceptors (Lipinski definition) is 8. The van der Waals surface area contributed by atoms with Crippen LogP contribution in [0.5, 0.6) is 0 Å². The van der Waals surface area contributed by atoms with E-state index in [4.69, 9.17) is 18.5 Å². The fraction of sp³-hybridized carbons (Fsp3) is 0.190. The molecule has 0 spiro atoms. The Hall–Kier alpha value is -3.70. The number of aromatic carboxylic acids is 1. The molecule has 11 heteroatoms. The lowest BCUT2D eigenvalue weighted by Crippen LogP contribution is -2.21. The number of carboxylic acids is 1. The van der Waals surface area contributed by atoms with Crippen LogP contribution in [0.15, 0.2) is 56.1 Å². The number of carbonyl (C=O) groups is 1. The molecular formula is C21H18N2O8S. The van der Waals surface area contributed by atoms with Crippen molar-refractivity contribution in [3.63, 3.8) is 0 Å². The quantitative estimate of drug-likeness (QED) is 0.312. The second kappa shape index (κ2) is 8.09. The first-order valence-corrected chi connectivity index (χ1v) is 11.1. The zero-order valence-corrected chi connectivity index (χ0v) is 17.6. The molecule has 2 aromatic carbocycles. The van der Waals surface area contributed by atoms with Crippen molar-refractivity contribution in [2.45, 2.75) is 6.42 Å². The molecule has 4 rings (SSSR count). The van der Waals surface area contributed by atoms with Crippen molar-refractivity contribution >= 4 is 43.8 Å². The van der Waals surface area contributed by atoms with Gasteiger partial charge in [0.25, 0.3) is 10.1 Å². The van der Waals surface area contributed by atoms with Gasteiger partial charge in [-0.2, -0.15) is 8.42 Å². The Balaban J connectivity index is 1.64. The van der Waals surface area contributed by atoms with Crippen LogP contribution in [-0.4, -0.2) is 48.4 Å². The summed E-state index contributed by atoms with van der Waals surface area (Å²) in [5, 5.41) is 9.72. The third-order valence-electron chi connectivity index (χ3n) is 4.92. The van der Waals surface area contributed by atoms with Crippen LogP contribution in [0.1, 0.15) is 16.8 Å². The Morgan fingerprint density at radius 3 is 2.59 bits per heavy atom. The van der Waals surface area contributed by atoms with Crippen LogP contribution in [0.3, 0.4) is 0 Å². The lowest BCUT2D eigenvalue weighted by Gasteiger charge is -2.19. The molecule has 0 bridgehead atoms. The van der Waals surface area contributed by atoms with Gasteiger partial charge in [0.1, 0.15) is 16.7 Å². The molecule has 0 atom stereocenters. The number of benzene rings is 2. The molecule has 0 aliphatic rings. The van der Waals surface area contributed by atoms with Gasteiger partial charge in [-0.15, -0.1) is 0 Å². The summed E-state index contributed by atoms with van der Waals surface area (Å²) in [5.74, 6) is -1.42. The number of anilines is 1. The molecule has 0 aliphatic heterocycles. The van der Waals surface area contributed by atoms with Crippen LogP contribution in [0, 0.1) is 0 Å². The zero-order chi connectivity index (χ0) is 23.0. The van der Waals surface area contributed by atoms with Crippen molar-refractivity contribution in [2.75, 3.05) is 24.2 Å². The summed E-state index contributed by atoms with van der Waals surface area (Å²) >= 11 is 0. The van der Waals surface area contributed by atoms with Crippen LogP contribution in [0.4, 0.5) is 5.69 Å². The van der Waals surface area contributed by atoms with Crippen molar-refractivity contribution in [1.82, 2.24) is 4.98 Å². The Kier molecular flexibility index (Phi) is 5.45. The van der Waals surface area contributed by atoms with Gasteiger partial charge in [-0.1, -0.05) is 0 Å². The predicted octanol–water partition coefficient (Wildman–Crippen LogP) is 3.01. The molecule has 2 aromatic heterocycles. The van der Waals surface area contributed by atoms with Crippen LogP contribution in [0.25, 0.3) is 33.5 Å². The first-order chi connectivity index (χ1) is 15.1. The van der Waals surface area contributed by atoms with Crippen molar-refractivity contribution < 1.29 is 31.7 Å². The Morgan fingerprint density at radius 2 is 1.88 bits per heavy atom. The maximum atomic E-state index is 12.6. The van der Waals surface area contributed by atoms with Gasteiger partial charge in [0.05, 0.1) is 11.3 Å². The monoisotopic (exact) mass is 458 g/mol. The van der Waals surface area contributed by atoms with E-state index >= 15 is 0 Å². The number of oxazole rings is 1. The number of hydrogen-bond donors (Lipinski definition) is 2. The number of aromatic nitrogens is 1. The molecule has 0 saturated heterocycles. The van der Waals surface area contributed by atoms with Gasteiger partial charge in [0.15, 0.2) is 5.58 Å². The molecule has 2 heterocycles. The van der Waals surface area contributed by atoms with Crippen molar-refractivity contribution in [3.8, 4) is 11.5 Å². The third-order valence-corrected chi connectivity index (χ3v) is 5.73. The van der Waals surface area contributed by atoms with Crippen molar-refractivity contribution in [1.29, 1.82) is 0 Å². The first kappa shape index (κ1) is 21.5. The standard InChI is InChI=1S/C21H18N2O8S/c1-23(7-2-8-32(27,28)29)14-5-3-12-9-15(21(26)31-18(12)11-14)19-22-16-10-13(20(24)25)4-6-17(16)30-19/h3-6,9-11H,2,7-8H2,1H3,(H,24,25)(H,27,28,29). The summed E-state index contributed by atoms with van der Waals surface area (Å²) in [6, 6.07) is 11.0. The molecule has 0 fully saturated rings. The SMILES string of the molecule is CN(CCCS(=O)(=O)O)c1ccc2cc(-c3nc4cc(C(=O)O)ccc4o3)c(=O)oc2c1. The Morgan fingerprint density at radius 1 is 1.09 bits per heavy atom. The van der Waals surface area contributed by atoms with E-state index in [0.717, 1.165) is 0 Å². The van der Waals surface area contributed by atoms with Gasteiger partial charge in [0, 0.05) is 30.7 Å². The summed E-state index contributed by atoms with van der Waals surface area (Å²) in [4.78, 5) is 29.7. The average molecular weight is 458 g/mol. The minimum atomic E-state index is -4.02. The van der Waals surface area contributed by atoms with E-state index in [1.807, 2.05) is 0 Å². The highest BCUT2D eigenvalue weighted by Crippen LogP contribution is 2.27. The minimum absolute atomic E-state index is 0.0181. The molecule has 0 saturated carbocycles. The summed E-state index contributed by atoms with van der Waals surface area (Å²) in [6.45, 7) is 0.370. The van der Waals surface area contributed by atoms with Crippen LogP contribution in [0.2, 0.25) is 0 Å². The predicted molar refractivity (Wildman–Crippen MR) is 117 cm³/mol. The normalized spacial score (nSPS) is 11.8. The number of nitrogens with zero attached hydrogens (tertiary/aromatic N) is 2. The second-order valence-corrected chi connectivity index (χ2v) is 8.81. The fourth-order valence-electron chi connectivity index (χ4n) is 3.28. The molecule has 4 aromatic rings.